The van der Waals surface area contributed by atoms with Gasteiger partial charge in [0, 0.05) is 12.2 Å². The molecule has 4 heteroatoms. The molecule has 4 nitrogen and oxygen atoms in total. The normalized spacial score (nSPS) is 10.6. The first-order valence-corrected chi connectivity index (χ1v) is 4.45. The van der Waals surface area contributed by atoms with Crippen molar-refractivity contribution in [3.8, 4) is 0 Å². The van der Waals surface area contributed by atoms with Crippen molar-refractivity contribution in [2.45, 2.75) is 26.8 Å². The lowest BCUT2D eigenvalue weighted by atomic mass is 10.2. The maximum absolute atomic E-state index is 11.3. The zero-order valence-corrected chi connectivity index (χ0v) is 8.63. The largest absolute Gasteiger partial charge is 0.328 e. The summed E-state index contributed by atoms with van der Waals surface area (Å²) in [6, 6.07) is 0.0254. The van der Waals surface area contributed by atoms with E-state index in [0.717, 1.165) is 0 Å². The molecule has 0 saturated heterocycles. The summed E-state index contributed by atoms with van der Waals surface area (Å²) in [7, 11) is 0. The van der Waals surface area contributed by atoms with E-state index in [-0.39, 0.29) is 17.3 Å². The van der Waals surface area contributed by atoms with Gasteiger partial charge in [-0.25, -0.2) is 4.79 Å². The molecule has 14 heavy (non-hydrogen) atoms. The molecule has 0 aliphatic heterocycles. The van der Waals surface area contributed by atoms with Crippen LogP contribution in [0.3, 0.4) is 0 Å². The molecule has 0 atom stereocenters. The van der Waals surface area contributed by atoms with Gasteiger partial charge in [-0.05, 0) is 26.3 Å². The first-order valence-electron chi connectivity index (χ1n) is 4.45. The molecule has 1 rings (SSSR count). The van der Waals surface area contributed by atoms with Crippen molar-refractivity contribution in [1.29, 1.82) is 0 Å². The van der Waals surface area contributed by atoms with Gasteiger partial charge in [-0.3, -0.25) is 14.3 Å². The van der Waals surface area contributed by atoms with Gasteiger partial charge in [-0.2, -0.15) is 0 Å². The van der Waals surface area contributed by atoms with Crippen LogP contribution in [0.5, 0.6) is 0 Å². The molecule has 0 fully saturated rings. The van der Waals surface area contributed by atoms with Gasteiger partial charge in [0.05, 0.1) is 5.56 Å². The van der Waals surface area contributed by atoms with Crippen molar-refractivity contribution < 1.29 is 0 Å². The van der Waals surface area contributed by atoms with Crippen LogP contribution in [-0.2, 0) is 0 Å². The van der Waals surface area contributed by atoms with E-state index in [2.05, 4.69) is 11.6 Å². The maximum Gasteiger partial charge on any atom is 0.328 e. The highest BCUT2D eigenvalue weighted by Crippen LogP contribution is 2.05. The van der Waals surface area contributed by atoms with Gasteiger partial charge < -0.3 is 0 Å². The molecular formula is C10H14N2O2. The molecule has 1 aromatic rings. The van der Waals surface area contributed by atoms with E-state index in [0.29, 0.717) is 11.1 Å². The van der Waals surface area contributed by atoms with Crippen LogP contribution in [0.2, 0.25) is 0 Å². The van der Waals surface area contributed by atoms with Crippen LogP contribution in [0.25, 0.3) is 5.57 Å². The van der Waals surface area contributed by atoms with Gasteiger partial charge in [-0.1, -0.05) is 6.58 Å². The van der Waals surface area contributed by atoms with Gasteiger partial charge in [0.1, 0.15) is 0 Å². The second-order valence-corrected chi connectivity index (χ2v) is 3.58. The molecule has 0 radical (unpaired) electrons. The molecule has 1 aromatic heterocycles. The van der Waals surface area contributed by atoms with Crippen LogP contribution >= 0.6 is 0 Å². The van der Waals surface area contributed by atoms with E-state index in [1.54, 1.807) is 13.1 Å². The number of hydrogen-bond donors (Lipinski definition) is 1. The summed E-state index contributed by atoms with van der Waals surface area (Å²) in [6.07, 6.45) is 1.55. The van der Waals surface area contributed by atoms with Gasteiger partial charge >= 0.3 is 5.69 Å². The Morgan fingerprint density at radius 1 is 1.50 bits per heavy atom. The average molecular weight is 194 g/mol. The van der Waals surface area contributed by atoms with Crippen LogP contribution in [0.4, 0.5) is 0 Å². The molecule has 0 aliphatic carbocycles. The van der Waals surface area contributed by atoms with Crippen LogP contribution in [0.15, 0.2) is 22.4 Å². The van der Waals surface area contributed by atoms with Gasteiger partial charge in [-0.15, -0.1) is 0 Å². The number of H-pyrrole nitrogens is 1. The van der Waals surface area contributed by atoms with Crippen molar-refractivity contribution in [1.82, 2.24) is 9.55 Å². The van der Waals surface area contributed by atoms with E-state index in [1.165, 1.54) is 4.57 Å². The minimum absolute atomic E-state index is 0.0254. The molecule has 0 aromatic carbocycles. The number of aromatic nitrogens is 2. The van der Waals surface area contributed by atoms with Crippen molar-refractivity contribution in [2.24, 2.45) is 0 Å². The number of nitrogens with zero attached hydrogens (tertiary/aromatic N) is 1. The highest BCUT2D eigenvalue weighted by Gasteiger charge is 2.06. The third-order valence-electron chi connectivity index (χ3n) is 1.98. The Morgan fingerprint density at radius 3 is 2.50 bits per heavy atom. The summed E-state index contributed by atoms with van der Waals surface area (Å²) < 4.78 is 1.48. The number of nitrogens with one attached hydrogen (secondary N) is 1. The molecule has 0 amide bonds. The fourth-order valence-corrected chi connectivity index (χ4v) is 1.17. The van der Waals surface area contributed by atoms with Crippen molar-refractivity contribution >= 4 is 5.57 Å². The van der Waals surface area contributed by atoms with Gasteiger partial charge in [0.2, 0.25) is 0 Å². The van der Waals surface area contributed by atoms with E-state index in [9.17, 15) is 9.59 Å². The Hall–Kier alpha value is -1.58. The lowest BCUT2D eigenvalue weighted by Crippen LogP contribution is -2.32. The number of hydrogen-bond acceptors (Lipinski definition) is 2. The molecule has 0 aliphatic rings. The molecule has 0 unspecified atom stereocenters. The zero-order valence-electron chi connectivity index (χ0n) is 8.63. The minimum Gasteiger partial charge on any atom is -0.297 e. The summed E-state index contributed by atoms with van der Waals surface area (Å²) in [5, 5.41) is 0. The zero-order chi connectivity index (χ0) is 10.9. The minimum atomic E-state index is -0.380. The van der Waals surface area contributed by atoms with Crippen LogP contribution < -0.4 is 11.2 Å². The quantitative estimate of drug-likeness (QED) is 0.767. The monoisotopic (exact) mass is 194 g/mol. The molecule has 0 saturated carbocycles. The molecule has 0 bridgehead atoms. The van der Waals surface area contributed by atoms with Crippen molar-refractivity contribution in [2.75, 3.05) is 0 Å². The smallest absolute Gasteiger partial charge is 0.297 e. The van der Waals surface area contributed by atoms with E-state index in [1.807, 2.05) is 13.8 Å². The van der Waals surface area contributed by atoms with Crippen LogP contribution in [0.1, 0.15) is 32.4 Å². The Morgan fingerprint density at radius 2 is 2.07 bits per heavy atom. The van der Waals surface area contributed by atoms with E-state index in [4.69, 9.17) is 0 Å². The van der Waals surface area contributed by atoms with Gasteiger partial charge in [0.25, 0.3) is 5.56 Å². The fraction of sp³-hybridized carbons (Fsp3) is 0.400. The summed E-state index contributed by atoms with van der Waals surface area (Å²) in [4.78, 5) is 24.9. The molecular weight excluding hydrogens is 180 g/mol. The Labute approximate surface area is 81.9 Å². The highest BCUT2D eigenvalue weighted by molar-refractivity contribution is 5.59. The summed E-state index contributed by atoms with van der Waals surface area (Å²) in [5.74, 6) is 0. The fourth-order valence-electron chi connectivity index (χ4n) is 1.17. The predicted molar refractivity (Wildman–Crippen MR) is 56.4 cm³/mol. The maximum atomic E-state index is 11.3. The summed E-state index contributed by atoms with van der Waals surface area (Å²) in [6.45, 7) is 9.17. The molecule has 76 valence electrons. The summed E-state index contributed by atoms with van der Waals surface area (Å²) in [5.41, 5.74) is 0.355. The van der Waals surface area contributed by atoms with E-state index < -0.39 is 0 Å². The Bertz CT molecular complexity index is 466. The van der Waals surface area contributed by atoms with Crippen LogP contribution in [-0.4, -0.2) is 9.55 Å². The lowest BCUT2D eigenvalue weighted by molar-refractivity contribution is 0.560. The third kappa shape index (κ3) is 1.84. The SMILES string of the molecule is C=C(C)c1cn(C(C)C)c(=O)[nH]c1=O. The average Bonchev–Trinajstić information content (AvgIpc) is 2.02. The van der Waals surface area contributed by atoms with Crippen molar-refractivity contribution in [3.63, 3.8) is 0 Å². The van der Waals surface area contributed by atoms with E-state index >= 15 is 0 Å². The molecule has 0 spiro atoms. The third-order valence-corrected chi connectivity index (χ3v) is 1.98. The van der Waals surface area contributed by atoms with Crippen LogP contribution in [0, 0.1) is 0 Å². The number of rotatable bonds is 2. The van der Waals surface area contributed by atoms with Crippen molar-refractivity contribution in [3.05, 3.63) is 39.2 Å². The first-order chi connectivity index (χ1) is 6.43. The second-order valence-electron chi connectivity index (χ2n) is 3.58. The second kappa shape index (κ2) is 3.65. The van der Waals surface area contributed by atoms with Gasteiger partial charge in [0.15, 0.2) is 0 Å². The topological polar surface area (TPSA) is 54.9 Å². The lowest BCUT2D eigenvalue weighted by Gasteiger charge is -2.10. The Balaban J connectivity index is 3.51. The summed E-state index contributed by atoms with van der Waals surface area (Å²) >= 11 is 0. The number of aromatic amines is 1. The molecule has 1 N–H and O–H groups in total. The highest BCUT2D eigenvalue weighted by atomic mass is 16.2. The molecule has 1 heterocycles. The Kier molecular flexibility index (Phi) is 2.74. The number of allylic oxidation sites excluding steroid dienone is 1. The first kappa shape index (κ1) is 10.5. The standard InChI is InChI=1S/C10H14N2O2/c1-6(2)8-5-12(7(3)4)10(14)11-9(8)13/h5,7H,1H2,2-4H3,(H,11,13,14). The predicted octanol–water partition coefficient (Wildman–Crippen LogP) is 1.15.